The van der Waals surface area contributed by atoms with Gasteiger partial charge in [0.25, 0.3) is 0 Å². The molecule has 6 heteroatoms. The Bertz CT molecular complexity index is 719. The van der Waals surface area contributed by atoms with E-state index in [-0.39, 0.29) is 11.8 Å². The van der Waals surface area contributed by atoms with Gasteiger partial charge < -0.3 is 5.32 Å². The summed E-state index contributed by atoms with van der Waals surface area (Å²) in [5.41, 5.74) is 0.788. The number of carbonyl (C=O) groups is 1. The van der Waals surface area contributed by atoms with Gasteiger partial charge in [-0.15, -0.1) is 0 Å². The molecular weight excluding hydrogens is 333 g/mol. The van der Waals surface area contributed by atoms with Crippen molar-refractivity contribution >= 4 is 34.9 Å². The highest BCUT2D eigenvalue weighted by molar-refractivity contribution is 6.35. The molecule has 0 saturated heterocycles. The first-order valence-electron chi connectivity index (χ1n) is 7.55. The van der Waals surface area contributed by atoms with Gasteiger partial charge in [0.15, 0.2) is 0 Å². The third-order valence-corrected chi connectivity index (χ3v) is 4.69. The lowest BCUT2D eigenvalue weighted by molar-refractivity contribution is -0.120. The zero-order valence-corrected chi connectivity index (χ0v) is 14.0. The van der Waals surface area contributed by atoms with E-state index in [9.17, 15) is 4.79 Å². The maximum Gasteiger partial charge on any atom is 0.228 e. The monoisotopic (exact) mass is 349 g/mol. The maximum absolute atomic E-state index is 12.4. The Morgan fingerprint density at radius 1 is 1.26 bits per heavy atom. The van der Waals surface area contributed by atoms with Crippen LogP contribution in [-0.2, 0) is 11.3 Å². The fraction of sp³-hybridized carbons (Fsp3) is 0.294. The number of hydrogen-bond donors (Lipinski definition) is 1. The highest BCUT2D eigenvalue weighted by atomic mass is 35.5. The molecule has 0 fully saturated rings. The lowest BCUT2D eigenvalue weighted by atomic mass is 9.94. The van der Waals surface area contributed by atoms with Crippen molar-refractivity contribution in [2.45, 2.75) is 25.8 Å². The predicted molar refractivity (Wildman–Crippen MR) is 92.9 cm³/mol. The predicted octanol–water partition coefficient (Wildman–Crippen LogP) is 4.53. The fourth-order valence-corrected chi connectivity index (χ4v) is 3.17. The first kappa shape index (κ1) is 16.1. The van der Waals surface area contributed by atoms with Crippen LogP contribution in [0.1, 0.15) is 24.8 Å². The lowest BCUT2D eigenvalue weighted by Crippen LogP contribution is -2.25. The molecule has 1 amide bonds. The number of hydrogen-bond acceptors (Lipinski definition) is 2. The highest BCUT2D eigenvalue weighted by Gasteiger charge is 2.20. The van der Waals surface area contributed by atoms with E-state index in [0.29, 0.717) is 22.4 Å². The number of rotatable bonds is 4. The highest BCUT2D eigenvalue weighted by Crippen LogP contribution is 2.26. The quantitative estimate of drug-likeness (QED) is 0.824. The van der Waals surface area contributed by atoms with E-state index < -0.39 is 0 Å². The lowest BCUT2D eigenvalue weighted by Gasteiger charge is -2.18. The van der Waals surface area contributed by atoms with Gasteiger partial charge in [0.05, 0.1) is 12.7 Å². The minimum Gasteiger partial charge on any atom is -0.311 e. The summed E-state index contributed by atoms with van der Waals surface area (Å²) >= 11 is 12.4. The molecule has 23 heavy (non-hydrogen) atoms. The van der Waals surface area contributed by atoms with Crippen molar-refractivity contribution in [2.75, 3.05) is 5.32 Å². The summed E-state index contributed by atoms with van der Waals surface area (Å²) in [5.74, 6) is 0.703. The number of allylic oxidation sites excluding steroid dienone is 2. The van der Waals surface area contributed by atoms with Crippen LogP contribution in [0.2, 0.25) is 10.0 Å². The Morgan fingerprint density at radius 3 is 2.74 bits per heavy atom. The van der Waals surface area contributed by atoms with Crippen molar-refractivity contribution in [3.8, 4) is 0 Å². The van der Waals surface area contributed by atoms with Crippen molar-refractivity contribution in [1.29, 1.82) is 0 Å². The van der Waals surface area contributed by atoms with Gasteiger partial charge in [0.2, 0.25) is 5.91 Å². The van der Waals surface area contributed by atoms with Crippen LogP contribution in [0.3, 0.4) is 0 Å². The van der Waals surface area contributed by atoms with Crippen LogP contribution < -0.4 is 5.32 Å². The van der Waals surface area contributed by atoms with Crippen LogP contribution >= 0.6 is 23.2 Å². The molecule has 3 rings (SSSR count). The molecule has 0 radical (unpaired) electrons. The molecule has 1 aliphatic carbocycles. The van der Waals surface area contributed by atoms with E-state index in [1.165, 1.54) is 0 Å². The molecule has 2 aromatic rings. The number of amides is 1. The molecule has 0 unspecified atom stereocenters. The Hall–Kier alpha value is -1.78. The van der Waals surface area contributed by atoms with E-state index in [1.807, 2.05) is 0 Å². The van der Waals surface area contributed by atoms with E-state index >= 15 is 0 Å². The second-order valence-corrected chi connectivity index (χ2v) is 6.36. The molecular formula is C17H17Cl2N3O. The summed E-state index contributed by atoms with van der Waals surface area (Å²) in [7, 11) is 0. The average Bonchev–Trinajstić information content (AvgIpc) is 2.99. The van der Waals surface area contributed by atoms with Gasteiger partial charge >= 0.3 is 0 Å². The second-order valence-electron chi connectivity index (χ2n) is 5.54. The van der Waals surface area contributed by atoms with Crippen molar-refractivity contribution < 1.29 is 4.79 Å². The summed E-state index contributed by atoms with van der Waals surface area (Å²) in [6.07, 6.45) is 8.46. The number of nitrogens with one attached hydrogen (secondary N) is 1. The van der Waals surface area contributed by atoms with Gasteiger partial charge in [0, 0.05) is 27.6 Å². The molecule has 1 aromatic heterocycles. The summed E-state index contributed by atoms with van der Waals surface area (Å²) in [4.78, 5) is 12.4. The van der Waals surface area contributed by atoms with Crippen LogP contribution in [-0.4, -0.2) is 15.7 Å². The molecule has 4 nitrogen and oxygen atoms in total. The van der Waals surface area contributed by atoms with Crippen molar-refractivity contribution in [1.82, 2.24) is 9.78 Å². The van der Waals surface area contributed by atoms with Crippen molar-refractivity contribution in [3.63, 3.8) is 0 Å². The molecule has 1 N–H and O–H groups in total. The van der Waals surface area contributed by atoms with Gasteiger partial charge in [-0.1, -0.05) is 41.4 Å². The summed E-state index contributed by atoms with van der Waals surface area (Å²) in [5, 5.41) is 8.40. The molecule has 0 bridgehead atoms. The third-order valence-electron chi connectivity index (χ3n) is 3.98. The summed E-state index contributed by atoms with van der Waals surface area (Å²) in [6, 6.07) is 7.16. The van der Waals surface area contributed by atoms with Crippen LogP contribution in [0.4, 0.5) is 5.82 Å². The van der Waals surface area contributed by atoms with E-state index in [2.05, 4.69) is 22.6 Å². The minimum atomic E-state index is 0.0206. The van der Waals surface area contributed by atoms with Gasteiger partial charge in [-0.05, 0) is 31.4 Å². The van der Waals surface area contributed by atoms with E-state index in [0.717, 1.165) is 24.8 Å². The Labute approximate surface area is 145 Å². The topological polar surface area (TPSA) is 46.9 Å². The molecule has 0 aliphatic heterocycles. The maximum atomic E-state index is 12.4. The number of carbonyl (C=O) groups excluding carboxylic acids is 1. The van der Waals surface area contributed by atoms with Gasteiger partial charge in [-0.25, -0.2) is 4.68 Å². The Balaban J connectivity index is 1.75. The summed E-state index contributed by atoms with van der Waals surface area (Å²) in [6.45, 7) is 0.408. The van der Waals surface area contributed by atoms with E-state index in [1.54, 1.807) is 35.1 Å². The molecule has 1 aliphatic rings. The molecule has 1 heterocycles. The Morgan fingerprint density at radius 2 is 2.04 bits per heavy atom. The SMILES string of the molecule is O=C(Nc1ccnn1Cc1c(Cl)cccc1Cl)[C@H]1CC=CCC1. The van der Waals surface area contributed by atoms with Gasteiger partial charge in [-0.2, -0.15) is 5.10 Å². The van der Waals surface area contributed by atoms with Gasteiger partial charge in [0.1, 0.15) is 5.82 Å². The Kier molecular flexibility index (Phi) is 5.03. The standard InChI is InChI=1S/C17H17Cl2N3O/c18-14-7-4-8-15(19)13(14)11-22-16(9-10-20-22)21-17(23)12-5-2-1-3-6-12/h1-2,4,7-10,12H,3,5-6,11H2,(H,21,23)/t12-/m0/s1. The zero-order valence-electron chi connectivity index (χ0n) is 12.5. The van der Waals surface area contributed by atoms with Crippen LogP contribution in [0.5, 0.6) is 0 Å². The zero-order chi connectivity index (χ0) is 16.2. The number of aromatic nitrogens is 2. The van der Waals surface area contributed by atoms with Crippen LogP contribution in [0, 0.1) is 5.92 Å². The van der Waals surface area contributed by atoms with Crippen molar-refractivity contribution in [2.24, 2.45) is 5.92 Å². The number of nitrogens with zero attached hydrogens (tertiary/aromatic N) is 2. The third kappa shape index (κ3) is 3.77. The largest absolute Gasteiger partial charge is 0.311 e. The van der Waals surface area contributed by atoms with E-state index in [4.69, 9.17) is 23.2 Å². The normalized spacial score (nSPS) is 17.2. The smallest absolute Gasteiger partial charge is 0.228 e. The first-order valence-corrected chi connectivity index (χ1v) is 8.31. The minimum absolute atomic E-state index is 0.0206. The molecule has 0 saturated carbocycles. The molecule has 120 valence electrons. The second kappa shape index (κ2) is 7.20. The fourth-order valence-electron chi connectivity index (χ4n) is 2.66. The average molecular weight is 350 g/mol. The number of halogens is 2. The number of anilines is 1. The van der Waals surface area contributed by atoms with Crippen LogP contribution in [0.15, 0.2) is 42.6 Å². The van der Waals surface area contributed by atoms with Crippen molar-refractivity contribution in [3.05, 3.63) is 58.2 Å². The number of benzene rings is 1. The van der Waals surface area contributed by atoms with Gasteiger partial charge in [-0.3, -0.25) is 4.79 Å². The first-order chi connectivity index (χ1) is 11.1. The van der Waals surface area contributed by atoms with Crippen LogP contribution in [0.25, 0.3) is 0 Å². The molecule has 0 spiro atoms. The molecule has 1 aromatic carbocycles. The summed E-state index contributed by atoms with van der Waals surface area (Å²) < 4.78 is 1.70. The molecule has 1 atom stereocenters.